The number of aromatic nitrogens is 3. The Morgan fingerprint density at radius 2 is 2.05 bits per heavy atom. The molecule has 1 heterocycles. The topological polar surface area (TPSA) is 56.7 Å². The van der Waals surface area contributed by atoms with Crippen LogP contribution in [0.3, 0.4) is 0 Å². The van der Waals surface area contributed by atoms with Gasteiger partial charge in [-0.3, -0.25) is 0 Å². The highest BCUT2D eigenvalue weighted by Gasteiger charge is 2.11. The summed E-state index contributed by atoms with van der Waals surface area (Å²) >= 11 is 0. The van der Waals surface area contributed by atoms with Crippen molar-refractivity contribution in [3.05, 3.63) is 53.8 Å². The molecule has 0 radical (unpaired) electrons. The van der Waals surface area contributed by atoms with E-state index in [-0.39, 0.29) is 11.9 Å². The highest BCUT2D eigenvalue weighted by Crippen LogP contribution is 2.20. The Hall–Kier alpha value is -2.27. The number of rotatable bonds is 4. The van der Waals surface area contributed by atoms with Crippen LogP contribution in [0.5, 0.6) is 0 Å². The molecule has 21 heavy (non-hydrogen) atoms. The summed E-state index contributed by atoms with van der Waals surface area (Å²) in [5.74, 6) is -0.313. The molecule has 0 aliphatic heterocycles. The first-order valence-corrected chi connectivity index (χ1v) is 7.04. The molecule has 4 nitrogen and oxygen atoms in total. The molecule has 0 amide bonds. The number of hydrogen-bond acceptors (Lipinski definition) is 3. The number of benzene rings is 2. The zero-order valence-corrected chi connectivity index (χ0v) is 11.8. The number of halogens is 1. The van der Waals surface area contributed by atoms with Crippen LogP contribution in [-0.2, 0) is 6.42 Å². The third-order valence-electron chi connectivity index (χ3n) is 3.61. The lowest BCUT2D eigenvalue weighted by Gasteiger charge is -2.10. The van der Waals surface area contributed by atoms with Gasteiger partial charge in [0, 0.05) is 6.04 Å². The lowest BCUT2D eigenvalue weighted by atomic mass is 10.0. The van der Waals surface area contributed by atoms with Gasteiger partial charge in [0.2, 0.25) is 0 Å². The van der Waals surface area contributed by atoms with Gasteiger partial charge in [0.05, 0.1) is 5.52 Å². The van der Waals surface area contributed by atoms with Crippen molar-refractivity contribution in [2.45, 2.75) is 25.8 Å². The molecule has 0 fully saturated rings. The van der Waals surface area contributed by atoms with E-state index in [4.69, 9.17) is 5.73 Å². The van der Waals surface area contributed by atoms with Crippen LogP contribution >= 0.6 is 0 Å². The third-order valence-corrected chi connectivity index (χ3v) is 3.61. The minimum absolute atomic E-state index is 0.0578. The molecule has 0 bridgehead atoms. The van der Waals surface area contributed by atoms with Crippen LogP contribution in [-0.4, -0.2) is 21.0 Å². The Kier molecular flexibility index (Phi) is 3.66. The van der Waals surface area contributed by atoms with Crippen molar-refractivity contribution in [1.82, 2.24) is 15.0 Å². The molecular weight excluding hydrogens is 267 g/mol. The zero-order valence-electron chi connectivity index (χ0n) is 11.8. The van der Waals surface area contributed by atoms with E-state index in [1.807, 2.05) is 37.3 Å². The van der Waals surface area contributed by atoms with Gasteiger partial charge in [0.15, 0.2) is 0 Å². The van der Waals surface area contributed by atoms with E-state index in [1.165, 1.54) is 10.7 Å². The summed E-state index contributed by atoms with van der Waals surface area (Å²) in [5, 5.41) is 8.08. The van der Waals surface area contributed by atoms with Gasteiger partial charge in [-0.2, -0.15) is 0 Å². The molecule has 1 atom stereocenters. The van der Waals surface area contributed by atoms with Crippen molar-refractivity contribution in [2.75, 3.05) is 0 Å². The fourth-order valence-corrected chi connectivity index (χ4v) is 2.34. The largest absolute Gasteiger partial charge is 0.327 e. The van der Waals surface area contributed by atoms with Crippen molar-refractivity contribution in [2.24, 2.45) is 5.73 Å². The Morgan fingerprint density at radius 1 is 1.24 bits per heavy atom. The second kappa shape index (κ2) is 5.61. The highest BCUT2D eigenvalue weighted by atomic mass is 19.1. The van der Waals surface area contributed by atoms with Gasteiger partial charge in [0.1, 0.15) is 17.0 Å². The van der Waals surface area contributed by atoms with Gasteiger partial charge in [-0.1, -0.05) is 30.3 Å². The molecule has 0 aliphatic rings. The normalized spacial score (nSPS) is 12.7. The number of nitrogens with two attached hydrogens (primary N) is 1. The van der Waals surface area contributed by atoms with Crippen LogP contribution in [0.25, 0.3) is 16.7 Å². The Labute approximate surface area is 122 Å². The van der Waals surface area contributed by atoms with Crippen molar-refractivity contribution < 1.29 is 4.39 Å². The van der Waals surface area contributed by atoms with Crippen LogP contribution in [0.1, 0.15) is 18.9 Å². The molecule has 1 unspecified atom stereocenters. The molecule has 2 N–H and O–H groups in total. The van der Waals surface area contributed by atoms with Crippen LogP contribution < -0.4 is 5.73 Å². The van der Waals surface area contributed by atoms with Crippen molar-refractivity contribution in [1.29, 1.82) is 0 Å². The maximum absolute atomic E-state index is 14.4. The maximum Gasteiger partial charge on any atom is 0.149 e. The van der Waals surface area contributed by atoms with Crippen LogP contribution in [0.2, 0.25) is 0 Å². The highest BCUT2D eigenvalue weighted by molar-refractivity contribution is 5.75. The average molecular weight is 284 g/mol. The van der Waals surface area contributed by atoms with Gasteiger partial charge in [0.25, 0.3) is 0 Å². The fraction of sp³-hybridized carbons (Fsp3) is 0.250. The van der Waals surface area contributed by atoms with Crippen LogP contribution in [0, 0.1) is 5.82 Å². The summed E-state index contributed by atoms with van der Waals surface area (Å²) in [7, 11) is 0. The van der Waals surface area contributed by atoms with Gasteiger partial charge < -0.3 is 5.73 Å². The molecule has 3 rings (SSSR count). The first-order chi connectivity index (χ1) is 10.2. The fourth-order valence-electron chi connectivity index (χ4n) is 2.34. The zero-order chi connectivity index (χ0) is 14.8. The Morgan fingerprint density at radius 3 is 2.81 bits per heavy atom. The minimum atomic E-state index is -0.313. The van der Waals surface area contributed by atoms with E-state index in [0.29, 0.717) is 12.1 Å². The predicted molar refractivity (Wildman–Crippen MR) is 80.8 cm³/mol. The molecule has 0 saturated carbocycles. The van der Waals surface area contributed by atoms with Gasteiger partial charge in [-0.05, 0) is 42.7 Å². The van der Waals surface area contributed by atoms with Crippen molar-refractivity contribution in [3.8, 4) is 5.69 Å². The summed E-state index contributed by atoms with van der Waals surface area (Å²) in [6.07, 6.45) is 1.54. The number of hydrogen-bond donors (Lipinski definition) is 1. The number of nitrogens with zero attached hydrogens (tertiary/aromatic N) is 3. The van der Waals surface area contributed by atoms with Crippen molar-refractivity contribution in [3.63, 3.8) is 0 Å². The number of para-hydroxylation sites is 1. The molecule has 108 valence electrons. The van der Waals surface area contributed by atoms with Crippen LogP contribution in [0.15, 0.2) is 42.5 Å². The van der Waals surface area contributed by atoms with E-state index >= 15 is 0 Å². The molecule has 5 heteroatoms. The summed E-state index contributed by atoms with van der Waals surface area (Å²) in [4.78, 5) is 0. The Bertz CT molecular complexity index is 766. The average Bonchev–Trinajstić information content (AvgIpc) is 2.91. The monoisotopic (exact) mass is 284 g/mol. The van der Waals surface area contributed by atoms with E-state index in [0.717, 1.165) is 23.0 Å². The van der Waals surface area contributed by atoms with Gasteiger partial charge in [-0.15, -0.1) is 5.10 Å². The Balaban J connectivity index is 1.99. The van der Waals surface area contributed by atoms with E-state index in [1.54, 1.807) is 6.07 Å². The summed E-state index contributed by atoms with van der Waals surface area (Å²) in [5.41, 5.74) is 8.74. The first kappa shape index (κ1) is 13.7. The van der Waals surface area contributed by atoms with E-state index in [2.05, 4.69) is 10.3 Å². The molecule has 0 saturated heterocycles. The minimum Gasteiger partial charge on any atom is -0.327 e. The molecular formula is C16H17FN4. The SMILES string of the molecule is CCC(N)Cc1ccc(-n2nnc3ccccc32)c(F)c1. The summed E-state index contributed by atoms with van der Waals surface area (Å²) in [6.45, 7) is 2.02. The molecule has 2 aromatic carbocycles. The summed E-state index contributed by atoms with van der Waals surface area (Å²) in [6, 6.07) is 12.7. The lowest BCUT2D eigenvalue weighted by molar-refractivity contribution is 0.600. The quantitative estimate of drug-likeness (QED) is 0.801. The second-order valence-electron chi connectivity index (χ2n) is 5.15. The third kappa shape index (κ3) is 2.64. The maximum atomic E-state index is 14.4. The van der Waals surface area contributed by atoms with Gasteiger partial charge in [-0.25, -0.2) is 9.07 Å². The summed E-state index contributed by atoms with van der Waals surface area (Å²) < 4.78 is 15.9. The predicted octanol–water partition coefficient (Wildman–Crippen LogP) is 2.84. The molecule has 0 aliphatic carbocycles. The standard InChI is InChI=1S/C16H17FN4/c1-2-12(18)9-11-7-8-15(13(17)10-11)21-16-6-4-3-5-14(16)19-20-21/h3-8,10,12H,2,9,18H2,1H3. The molecule has 0 spiro atoms. The molecule has 3 aromatic rings. The van der Waals surface area contributed by atoms with E-state index in [9.17, 15) is 4.39 Å². The van der Waals surface area contributed by atoms with Crippen molar-refractivity contribution >= 4 is 11.0 Å². The second-order valence-corrected chi connectivity index (χ2v) is 5.15. The molecule has 1 aromatic heterocycles. The van der Waals surface area contributed by atoms with Crippen LogP contribution in [0.4, 0.5) is 4.39 Å². The van der Waals surface area contributed by atoms with Gasteiger partial charge >= 0.3 is 0 Å². The first-order valence-electron chi connectivity index (χ1n) is 7.04. The number of fused-ring (bicyclic) bond motifs is 1. The smallest absolute Gasteiger partial charge is 0.149 e. The van der Waals surface area contributed by atoms with E-state index < -0.39 is 0 Å². The lowest BCUT2D eigenvalue weighted by Crippen LogP contribution is -2.21.